The number of aryl methyl sites for hydroxylation is 2. The molecule has 0 radical (unpaired) electrons. The van der Waals surface area contributed by atoms with Crippen molar-refractivity contribution < 1.29 is 0 Å². The second kappa shape index (κ2) is 5.87. The normalized spacial score (nSPS) is 12.7. The van der Waals surface area contributed by atoms with Gasteiger partial charge in [-0.2, -0.15) is 0 Å². The van der Waals surface area contributed by atoms with Gasteiger partial charge in [0.1, 0.15) is 0 Å². The molecule has 0 aliphatic heterocycles. The smallest absolute Gasteiger partial charge is 0.0931 e. The first kappa shape index (κ1) is 13.6. The lowest BCUT2D eigenvalue weighted by molar-refractivity contribution is 0.576. The molecule has 2 aromatic rings. The lowest BCUT2D eigenvalue weighted by Gasteiger charge is -2.16. The highest BCUT2D eigenvalue weighted by Crippen LogP contribution is 2.23. The van der Waals surface area contributed by atoms with Crippen LogP contribution in [-0.4, -0.2) is 0 Å². The second-order valence-corrected chi connectivity index (χ2v) is 6.47. The zero-order chi connectivity index (χ0) is 13.1. The van der Waals surface area contributed by atoms with Gasteiger partial charge in [0.05, 0.1) is 4.34 Å². The van der Waals surface area contributed by atoms with Crippen LogP contribution in [0.25, 0.3) is 0 Å². The maximum Gasteiger partial charge on any atom is 0.0931 e. The quantitative estimate of drug-likeness (QED) is 0.842. The Morgan fingerprint density at radius 2 is 2.00 bits per heavy atom. The molecule has 1 atom stereocenters. The third-order valence-electron chi connectivity index (χ3n) is 3.10. The molecule has 0 fully saturated rings. The predicted molar refractivity (Wildman–Crippen MR) is 80.5 cm³/mol. The van der Waals surface area contributed by atoms with E-state index in [-0.39, 0.29) is 0 Å². The Kier molecular flexibility index (Phi) is 4.44. The fourth-order valence-electron chi connectivity index (χ4n) is 2.12. The zero-order valence-corrected chi connectivity index (χ0v) is 12.5. The van der Waals surface area contributed by atoms with Crippen molar-refractivity contribution in [3.8, 4) is 0 Å². The van der Waals surface area contributed by atoms with Crippen molar-refractivity contribution in [1.29, 1.82) is 0 Å². The number of halogens is 1. The monoisotopic (exact) mass is 279 g/mol. The molecule has 0 saturated heterocycles. The highest BCUT2D eigenvalue weighted by atomic mass is 35.5. The van der Waals surface area contributed by atoms with Gasteiger partial charge in [0.25, 0.3) is 0 Å². The molecule has 1 nitrogen and oxygen atoms in total. The van der Waals surface area contributed by atoms with Gasteiger partial charge in [0, 0.05) is 17.5 Å². The van der Waals surface area contributed by atoms with Crippen LogP contribution in [0.3, 0.4) is 0 Å². The van der Waals surface area contributed by atoms with Crippen LogP contribution < -0.4 is 5.32 Å². The van der Waals surface area contributed by atoms with E-state index >= 15 is 0 Å². The van der Waals surface area contributed by atoms with Crippen molar-refractivity contribution in [2.75, 3.05) is 0 Å². The molecule has 3 heteroatoms. The molecule has 0 spiro atoms. The third kappa shape index (κ3) is 3.35. The number of rotatable bonds is 4. The average molecular weight is 280 g/mol. The Balaban J connectivity index is 2.01. The fraction of sp³-hybridized carbons (Fsp3) is 0.333. The minimum atomic E-state index is 0.353. The van der Waals surface area contributed by atoms with E-state index in [4.69, 9.17) is 11.6 Å². The van der Waals surface area contributed by atoms with E-state index in [0.29, 0.717) is 6.04 Å². The molecule has 0 amide bonds. The third-order valence-corrected chi connectivity index (χ3v) is 4.33. The Labute approximate surface area is 118 Å². The molecule has 1 unspecified atom stereocenters. The van der Waals surface area contributed by atoms with Gasteiger partial charge in [-0.3, -0.25) is 0 Å². The molecular formula is C15H18ClNS. The molecule has 1 aromatic carbocycles. The van der Waals surface area contributed by atoms with Gasteiger partial charge < -0.3 is 5.32 Å². The second-order valence-electron chi connectivity index (χ2n) is 4.67. The SMILES string of the molecule is Cc1ccc(C(C)NCc2ccc(Cl)s2)c(C)c1. The van der Waals surface area contributed by atoms with Crippen LogP contribution in [0.4, 0.5) is 0 Å². The van der Waals surface area contributed by atoms with E-state index in [2.05, 4.69) is 50.4 Å². The highest BCUT2D eigenvalue weighted by molar-refractivity contribution is 7.16. The van der Waals surface area contributed by atoms with E-state index in [1.54, 1.807) is 11.3 Å². The van der Waals surface area contributed by atoms with Crippen molar-refractivity contribution in [2.45, 2.75) is 33.4 Å². The highest BCUT2D eigenvalue weighted by Gasteiger charge is 2.08. The van der Waals surface area contributed by atoms with Gasteiger partial charge >= 0.3 is 0 Å². The Bertz CT molecular complexity index is 533. The van der Waals surface area contributed by atoms with Gasteiger partial charge in [0.15, 0.2) is 0 Å². The zero-order valence-electron chi connectivity index (χ0n) is 11.0. The predicted octanol–water partition coefficient (Wildman–Crippen LogP) is 4.87. The molecule has 2 rings (SSSR count). The molecule has 1 aromatic heterocycles. The molecule has 0 aliphatic rings. The summed E-state index contributed by atoms with van der Waals surface area (Å²) in [5, 5.41) is 3.54. The maximum atomic E-state index is 5.93. The molecule has 1 heterocycles. The summed E-state index contributed by atoms with van der Waals surface area (Å²) in [4.78, 5) is 1.27. The lowest BCUT2D eigenvalue weighted by atomic mass is 10.0. The van der Waals surface area contributed by atoms with E-state index in [1.807, 2.05) is 6.07 Å². The molecule has 0 aliphatic carbocycles. The molecular weight excluding hydrogens is 262 g/mol. The minimum Gasteiger partial charge on any atom is -0.305 e. The van der Waals surface area contributed by atoms with Crippen molar-refractivity contribution in [2.24, 2.45) is 0 Å². The molecule has 96 valence electrons. The molecule has 18 heavy (non-hydrogen) atoms. The fourth-order valence-corrected chi connectivity index (χ4v) is 3.16. The van der Waals surface area contributed by atoms with Crippen molar-refractivity contribution >= 4 is 22.9 Å². The van der Waals surface area contributed by atoms with Gasteiger partial charge in [-0.15, -0.1) is 11.3 Å². The van der Waals surface area contributed by atoms with Crippen molar-refractivity contribution in [1.82, 2.24) is 5.32 Å². The molecule has 0 saturated carbocycles. The van der Waals surface area contributed by atoms with E-state index in [9.17, 15) is 0 Å². The largest absolute Gasteiger partial charge is 0.305 e. The molecule has 0 bridgehead atoms. The van der Waals surface area contributed by atoms with Gasteiger partial charge in [0.2, 0.25) is 0 Å². The number of thiophene rings is 1. The van der Waals surface area contributed by atoms with Gasteiger partial charge in [-0.25, -0.2) is 0 Å². The lowest BCUT2D eigenvalue weighted by Crippen LogP contribution is -2.18. The van der Waals surface area contributed by atoms with E-state index < -0.39 is 0 Å². The van der Waals surface area contributed by atoms with Crippen LogP contribution in [0.5, 0.6) is 0 Å². The van der Waals surface area contributed by atoms with Gasteiger partial charge in [-0.05, 0) is 44.0 Å². The average Bonchev–Trinajstić information content (AvgIpc) is 2.72. The summed E-state index contributed by atoms with van der Waals surface area (Å²) in [7, 11) is 0. The van der Waals surface area contributed by atoms with Crippen LogP contribution in [0.1, 0.15) is 34.5 Å². The maximum absolute atomic E-state index is 5.93. The van der Waals surface area contributed by atoms with Crippen LogP contribution in [0.15, 0.2) is 30.3 Å². The summed E-state index contributed by atoms with van der Waals surface area (Å²) >= 11 is 7.56. The first-order valence-corrected chi connectivity index (χ1v) is 7.30. The number of nitrogens with one attached hydrogen (secondary N) is 1. The summed E-state index contributed by atoms with van der Waals surface area (Å²) in [6.45, 7) is 7.36. The summed E-state index contributed by atoms with van der Waals surface area (Å²) in [5.41, 5.74) is 4.02. The van der Waals surface area contributed by atoms with Crippen LogP contribution in [0, 0.1) is 13.8 Å². The summed E-state index contributed by atoms with van der Waals surface area (Å²) in [5.74, 6) is 0. The minimum absolute atomic E-state index is 0.353. The number of hydrogen-bond acceptors (Lipinski definition) is 2. The Morgan fingerprint density at radius 3 is 2.61 bits per heavy atom. The van der Waals surface area contributed by atoms with E-state index in [1.165, 1.54) is 21.6 Å². The van der Waals surface area contributed by atoms with Crippen LogP contribution in [0.2, 0.25) is 4.34 Å². The summed E-state index contributed by atoms with van der Waals surface area (Å²) in [6, 6.07) is 11.0. The summed E-state index contributed by atoms with van der Waals surface area (Å²) in [6.07, 6.45) is 0. The van der Waals surface area contributed by atoms with Gasteiger partial charge in [-0.1, -0.05) is 35.4 Å². The van der Waals surface area contributed by atoms with Crippen LogP contribution >= 0.6 is 22.9 Å². The van der Waals surface area contributed by atoms with E-state index in [0.717, 1.165) is 10.9 Å². The first-order chi connectivity index (χ1) is 8.56. The molecule has 1 N–H and O–H groups in total. The Hall–Kier alpha value is -0.830. The van der Waals surface area contributed by atoms with Crippen LogP contribution in [-0.2, 0) is 6.54 Å². The standard InChI is InChI=1S/C15H18ClNS/c1-10-4-6-14(11(2)8-10)12(3)17-9-13-5-7-15(16)18-13/h4-8,12,17H,9H2,1-3H3. The first-order valence-electron chi connectivity index (χ1n) is 6.11. The number of benzene rings is 1. The summed E-state index contributed by atoms with van der Waals surface area (Å²) < 4.78 is 0.853. The Morgan fingerprint density at radius 1 is 1.22 bits per heavy atom. The van der Waals surface area contributed by atoms with Crippen molar-refractivity contribution in [3.05, 3.63) is 56.2 Å². The number of hydrogen-bond donors (Lipinski definition) is 1. The van der Waals surface area contributed by atoms with Crippen molar-refractivity contribution in [3.63, 3.8) is 0 Å². The topological polar surface area (TPSA) is 12.0 Å².